The number of urea groups is 1. The Balaban J connectivity index is 1.50. The van der Waals surface area contributed by atoms with Crippen LogP contribution < -0.4 is 5.32 Å². The minimum Gasteiger partial charge on any atom is -0.454 e. The molecule has 2 heterocycles. The molecule has 1 N–H and O–H groups in total. The van der Waals surface area contributed by atoms with Crippen molar-refractivity contribution in [3.63, 3.8) is 0 Å². The molecule has 8 nitrogen and oxygen atoms in total. The van der Waals surface area contributed by atoms with Crippen molar-refractivity contribution in [1.82, 2.24) is 15.1 Å². The maximum atomic E-state index is 12.5. The fourth-order valence-electron chi connectivity index (χ4n) is 4.29. The van der Waals surface area contributed by atoms with E-state index in [9.17, 15) is 19.2 Å². The lowest BCUT2D eigenvalue weighted by Gasteiger charge is -2.35. The van der Waals surface area contributed by atoms with Gasteiger partial charge in [0.15, 0.2) is 6.61 Å². The molecule has 1 aliphatic carbocycles. The number of carbonyl (C=O) groups is 4. The van der Waals surface area contributed by atoms with Gasteiger partial charge >= 0.3 is 12.0 Å². The van der Waals surface area contributed by atoms with Gasteiger partial charge in [0.25, 0.3) is 11.8 Å². The zero-order valence-electron chi connectivity index (χ0n) is 15.3. The lowest BCUT2D eigenvalue weighted by molar-refractivity contribution is -0.155. The number of nitrogens with one attached hydrogen (secondary N) is 1. The summed E-state index contributed by atoms with van der Waals surface area (Å²) in [5.74, 6) is -1.30. The summed E-state index contributed by atoms with van der Waals surface area (Å²) in [4.78, 5) is 51.6. The van der Waals surface area contributed by atoms with E-state index in [0.717, 1.165) is 43.4 Å². The minimum absolute atomic E-state index is 0.197. The lowest BCUT2D eigenvalue weighted by Crippen LogP contribution is -2.46. The number of rotatable bonds is 5. The smallest absolute Gasteiger partial charge is 0.326 e. The van der Waals surface area contributed by atoms with E-state index in [-0.39, 0.29) is 24.5 Å². The van der Waals surface area contributed by atoms with Gasteiger partial charge in [-0.3, -0.25) is 19.3 Å². The van der Waals surface area contributed by atoms with Gasteiger partial charge in [-0.1, -0.05) is 19.8 Å². The van der Waals surface area contributed by atoms with Gasteiger partial charge < -0.3 is 15.0 Å². The Morgan fingerprint density at radius 1 is 1.19 bits per heavy atom. The van der Waals surface area contributed by atoms with E-state index in [4.69, 9.17) is 4.74 Å². The van der Waals surface area contributed by atoms with E-state index in [2.05, 4.69) is 5.32 Å². The zero-order chi connectivity index (χ0) is 18.7. The van der Waals surface area contributed by atoms with Crippen molar-refractivity contribution < 1.29 is 23.9 Å². The first kappa shape index (κ1) is 18.7. The molecule has 1 spiro atoms. The number of nitrogens with zero attached hydrogens (tertiary/aromatic N) is 2. The second-order valence-corrected chi connectivity index (χ2v) is 7.42. The van der Waals surface area contributed by atoms with Crippen LogP contribution in [-0.4, -0.2) is 64.9 Å². The van der Waals surface area contributed by atoms with Gasteiger partial charge in [-0.2, -0.15) is 0 Å². The summed E-state index contributed by atoms with van der Waals surface area (Å²) < 4.78 is 5.06. The fraction of sp³-hybridized carbons (Fsp3) is 0.778. The van der Waals surface area contributed by atoms with Crippen LogP contribution in [-0.2, 0) is 19.1 Å². The highest BCUT2D eigenvalue weighted by Gasteiger charge is 2.52. The van der Waals surface area contributed by atoms with E-state index in [1.807, 2.05) is 6.92 Å². The standard InChI is InChI=1S/C18H27N3O5/c1-2-13-7-3-6-10-20(13)14(22)12-26-15(23)11-21-16(24)18(19-17(21)25)8-4-5-9-18/h13H,2-12H2,1H3,(H,19,25)/t13-/m1/s1. The molecule has 144 valence electrons. The number of ether oxygens (including phenoxy) is 1. The minimum atomic E-state index is -0.838. The predicted molar refractivity (Wildman–Crippen MR) is 92.0 cm³/mol. The molecular weight excluding hydrogens is 338 g/mol. The number of piperidine rings is 1. The van der Waals surface area contributed by atoms with Crippen LogP contribution >= 0.6 is 0 Å². The SMILES string of the molecule is CC[C@@H]1CCCCN1C(=O)COC(=O)CN1C(=O)NC2(CCCC2)C1=O. The van der Waals surface area contributed by atoms with Crippen molar-refractivity contribution >= 4 is 23.8 Å². The van der Waals surface area contributed by atoms with Gasteiger partial charge in [-0.15, -0.1) is 0 Å². The van der Waals surface area contributed by atoms with Crippen LogP contribution in [0.3, 0.4) is 0 Å². The number of esters is 1. The van der Waals surface area contributed by atoms with Crippen LogP contribution in [0.4, 0.5) is 4.79 Å². The zero-order valence-corrected chi connectivity index (χ0v) is 15.3. The first-order valence-corrected chi connectivity index (χ1v) is 9.56. The Morgan fingerprint density at radius 2 is 1.92 bits per heavy atom. The number of hydrogen-bond donors (Lipinski definition) is 1. The Kier molecular flexibility index (Phi) is 5.48. The molecule has 0 radical (unpaired) electrons. The van der Waals surface area contributed by atoms with Crippen LogP contribution in [0.15, 0.2) is 0 Å². The average molecular weight is 365 g/mol. The van der Waals surface area contributed by atoms with Gasteiger partial charge in [0.2, 0.25) is 0 Å². The van der Waals surface area contributed by atoms with Crippen LogP contribution in [0.2, 0.25) is 0 Å². The Labute approximate surface area is 153 Å². The molecule has 3 aliphatic rings. The van der Waals surface area contributed by atoms with E-state index < -0.39 is 24.1 Å². The summed E-state index contributed by atoms with van der Waals surface area (Å²) in [6, 6.07) is -0.356. The van der Waals surface area contributed by atoms with Crippen molar-refractivity contribution in [3.8, 4) is 0 Å². The molecule has 1 saturated carbocycles. The summed E-state index contributed by atoms with van der Waals surface area (Å²) >= 11 is 0. The Hall–Kier alpha value is -2.12. The van der Waals surface area contributed by atoms with Crippen LogP contribution in [0.5, 0.6) is 0 Å². The topological polar surface area (TPSA) is 96.0 Å². The molecule has 0 aromatic carbocycles. The summed E-state index contributed by atoms with van der Waals surface area (Å²) in [6.45, 7) is 1.93. The summed E-state index contributed by atoms with van der Waals surface area (Å²) in [6.07, 6.45) is 6.89. The predicted octanol–water partition coefficient (Wildman–Crippen LogP) is 1.19. The molecule has 3 rings (SSSR count). The second kappa shape index (κ2) is 7.63. The van der Waals surface area contributed by atoms with Crippen molar-refractivity contribution in [2.75, 3.05) is 19.7 Å². The highest BCUT2D eigenvalue weighted by Crippen LogP contribution is 2.34. The largest absolute Gasteiger partial charge is 0.454 e. The monoisotopic (exact) mass is 365 g/mol. The first-order chi connectivity index (χ1) is 12.5. The molecular formula is C18H27N3O5. The fourth-order valence-corrected chi connectivity index (χ4v) is 4.29. The Bertz CT molecular complexity index is 600. The second-order valence-electron chi connectivity index (χ2n) is 7.42. The third-order valence-corrected chi connectivity index (χ3v) is 5.77. The molecule has 2 saturated heterocycles. The van der Waals surface area contributed by atoms with E-state index in [1.54, 1.807) is 4.90 Å². The van der Waals surface area contributed by atoms with Gasteiger partial charge in [0, 0.05) is 12.6 Å². The third kappa shape index (κ3) is 3.54. The lowest BCUT2D eigenvalue weighted by atomic mass is 9.98. The molecule has 3 fully saturated rings. The maximum Gasteiger partial charge on any atom is 0.326 e. The van der Waals surface area contributed by atoms with Crippen LogP contribution in [0.1, 0.15) is 58.3 Å². The van der Waals surface area contributed by atoms with Crippen molar-refractivity contribution in [2.24, 2.45) is 0 Å². The van der Waals surface area contributed by atoms with Crippen molar-refractivity contribution in [2.45, 2.75) is 69.9 Å². The van der Waals surface area contributed by atoms with Crippen LogP contribution in [0, 0.1) is 0 Å². The quantitative estimate of drug-likeness (QED) is 0.583. The van der Waals surface area contributed by atoms with Gasteiger partial charge in [-0.25, -0.2) is 4.79 Å². The normalized spacial score (nSPS) is 24.9. The number of carbonyl (C=O) groups excluding carboxylic acids is 4. The van der Waals surface area contributed by atoms with Crippen molar-refractivity contribution in [3.05, 3.63) is 0 Å². The molecule has 2 aliphatic heterocycles. The summed E-state index contributed by atoms with van der Waals surface area (Å²) in [5, 5.41) is 2.72. The van der Waals surface area contributed by atoms with E-state index >= 15 is 0 Å². The third-order valence-electron chi connectivity index (χ3n) is 5.77. The average Bonchev–Trinajstić information content (AvgIpc) is 3.20. The van der Waals surface area contributed by atoms with Crippen molar-refractivity contribution in [1.29, 1.82) is 0 Å². The molecule has 1 atom stereocenters. The Morgan fingerprint density at radius 3 is 2.62 bits per heavy atom. The number of imide groups is 1. The van der Waals surface area contributed by atoms with Crippen LogP contribution in [0.25, 0.3) is 0 Å². The maximum absolute atomic E-state index is 12.5. The molecule has 0 aromatic rings. The molecule has 8 heteroatoms. The van der Waals surface area contributed by atoms with Gasteiger partial charge in [0.1, 0.15) is 12.1 Å². The molecule has 26 heavy (non-hydrogen) atoms. The number of likely N-dealkylation sites (tertiary alicyclic amines) is 1. The van der Waals surface area contributed by atoms with E-state index in [1.165, 1.54) is 0 Å². The summed E-state index contributed by atoms with van der Waals surface area (Å²) in [5.41, 5.74) is -0.838. The number of amides is 4. The highest BCUT2D eigenvalue weighted by atomic mass is 16.5. The molecule has 0 unspecified atom stereocenters. The van der Waals surface area contributed by atoms with Gasteiger partial charge in [0.05, 0.1) is 0 Å². The molecule has 0 bridgehead atoms. The van der Waals surface area contributed by atoms with E-state index in [0.29, 0.717) is 19.4 Å². The highest BCUT2D eigenvalue weighted by molar-refractivity contribution is 6.08. The molecule has 0 aromatic heterocycles. The van der Waals surface area contributed by atoms with Gasteiger partial charge in [-0.05, 0) is 38.5 Å². The first-order valence-electron chi connectivity index (χ1n) is 9.56. The molecule has 4 amide bonds. The summed E-state index contributed by atoms with van der Waals surface area (Å²) in [7, 11) is 0. The number of hydrogen-bond acceptors (Lipinski definition) is 5.